The molecule has 13 heavy (non-hydrogen) atoms. The van der Waals surface area contributed by atoms with Gasteiger partial charge in [-0.1, -0.05) is 0 Å². The first-order valence-corrected chi connectivity index (χ1v) is 3.85. The molecule has 0 aliphatic rings. The van der Waals surface area contributed by atoms with Crippen LogP contribution in [0.15, 0.2) is 24.8 Å². The molecule has 0 aliphatic carbocycles. The first-order chi connectivity index (χ1) is 6.27. The summed E-state index contributed by atoms with van der Waals surface area (Å²) in [5.41, 5.74) is 6.97. The minimum Gasteiger partial charge on any atom is -0.396 e. The maximum absolute atomic E-state index is 5.53. The van der Waals surface area contributed by atoms with Crippen molar-refractivity contribution in [1.29, 1.82) is 0 Å². The van der Waals surface area contributed by atoms with E-state index in [4.69, 9.17) is 5.73 Å². The fourth-order valence-corrected chi connectivity index (χ4v) is 1.08. The molecule has 2 aromatic rings. The Balaban J connectivity index is 2.52. The van der Waals surface area contributed by atoms with Gasteiger partial charge in [0, 0.05) is 12.4 Å². The maximum atomic E-state index is 5.53. The van der Waals surface area contributed by atoms with E-state index >= 15 is 0 Å². The molecule has 0 spiro atoms. The third-order valence-corrected chi connectivity index (χ3v) is 1.67. The molecule has 2 heterocycles. The van der Waals surface area contributed by atoms with Gasteiger partial charge in [-0.15, -0.1) is 0 Å². The quantitative estimate of drug-likeness (QED) is 0.687. The molecule has 0 saturated heterocycles. The molecule has 2 N–H and O–H groups in total. The molecule has 5 nitrogen and oxygen atoms in total. The minimum atomic E-state index is 0.616. The molecular weight excluding hydrogens is 166 g/mol. The molecule has 2 rings (SSSR count). The first kappa shape index (κ1) is 7.72. The largest absolute Gasteiger partial charge is 0.396 e. The summed E-state index contributed by atoms with van der Waals surface area (Å²) in [6.07, 6.45) is 6.55. The van der Waals surface area contributed by atoms with Crippen molar-refractivity contribution < 1.29 is 0 Å². The smallest absolute Gasteiger partial charge is 0.174 e. The third-order valence-electron chi connectivity index (χ3n) is 1.67. The molecule has 0 bridgehead atoms. The molecule has 2 aromatic heterocycles. The molecule has 5 heteroatoms. The molecule has 0 amide bonds. The van der Waals surface area contributed by atoms with Crippen LogP contribution in [-0.4, -0.2) is 19.7 Å². The fraction of sp³-hybridized carbons (Fsp3) is 0.125. The number of hydrogen-bond donors (Lipinski definition) is 1. The second-order valence-corrected chi connectivity index (χ2v) is 2.68. The van der Waals surface area contributed by atoms with Gasteiger partial charge in [0.15, 0.2) is 5.82 Å². The van der Waals surface area contributed by atoms with Crippen molar-refractivity contribution in [3.05, 3.63) is 30.5 Å². The van der Waals surface area contributed by atoms with Crippen LogP contribution in [0.25, 0.3) is 5.82 Å². The monoisotopic (exact) mass is 175 g/mol. The van der Waals surface area contributed by atoms with Gasteiger partial charge in [-0.05, 0) is 6.92 Å². The van der Waals surface area contributed by atoms with Gasteiger partial charge < -0.3 is 5.73 Å². The van der Waals surface area contributed by atoms with Gasteiger partial charge in [0.1, 0.15) is 0 Å². The van der Waals surface area contributed by atoms with Crippen molar-refractivity contribution in [1.82, 2.24) is 19.7 Å². The van der Waals surface area contributed by atoms with E-state index in [0.717, 1.165) is 5.69 Å². The van der Waals surface area contributed by atoms with E-state index in [1.807, 2.05) is 6.92 Å². The lowest BCUT2D eigenvalue weighted by Crippen LogP contribution is -2.01. The van der Waals surface area contributed by atoms with Gasteiger partial charge in [0.2, 0.25) is 0 Å². The fourth-order valence-electron chi connectivity index (χ4n) is 1.08. The summed E-state index contributed by atoms with van der Waals surface area (Å²) in [6, 6.07) is 0. The number of rotatable bonds is 1. The number of aromatic nitrogens is 4. The predicted molar refractivity (Wildman–Crippen MR) is 48.3 cm³/mol. The Morgan fingerprint density at radius 1 is 1.31 bits per heavy atom. The number of anilines is 1. The van der Waals surface area contributed by atoms with Crippen LogP contribution in [0.2, 0.25) is 0 Å². The number of nitrogens with two attached hydrogens (primary N) is 1. The summed E-state index contributed by atoms with van der Waals surface area (Å²) in [4.78, 5) is 8.24. The van der Waals surface area contributed by atoms with Crippen molar-refractivity contribution in [3.63, 3.8) is 0 Å². The van der Waals surface area contributed by atoms with E-state index in [-0.39, 0.29) is 0 Å². The molecule has 0 aliphatic heterocycles. The lowest BCUT2D eigenvalue weighted by atomic mass is 10.4. The van der Waals surface area contributed by atoms with Crippen LogP contribution < -0.4 is 5.73 Å². The van der Waals surface area contributed by atoms with Crippen LogP contribution >= 0.6 is 0 Å². The lowest BCUT2D eigenvalue weighted by Gasteiger charge is -2.01. The predicted octanol–water partition coefficient (Wildman–Crippen LogP) is 0.553. The molecule has 0 unspecified atom stereocenters. The summed E-state index contributed by atoms with van der Waals surface area (Å²) >= 11 is 0. The van der Waals surface area contributed by atoms with Crippen molar-refractivity contribution >= 4 is 5.69 Å². The second kappa shape index (κ2) is 2.85. The third kappa shape index (κ3) is 1.35. The molecule has 66 valence electrons. The minimum absolute atomic E-state index is 0.616. The highest BCUT2D eigenvalue weighted by molar-refractivity contribution is 5.35. The van der Waals surface area contributed by atoms with Crippen LogP contribution in [-0.2, 0) is 0 Å². The van der Waals surface area contributed by atoms with E-state index in [1.165, 1.54) is 0 Å². The molecule has 0 fully saturated rings. The molecule has 0 saturated carbocycles. The normalized spacial score (nSPS) is 10.2. The van der Waals surface area contributed by atoms with E-state index in [1.54, 1.807) is 29.5 Å². The van der Waals surface area contributed by atoms with Gasteiger partial charge in [-0.3, -0.25) is 4.98 Å². The van der Waals surface area contributed by atoms with Crippen LogP contribution in [0.4, 0.5) is 5.69 Å². The van der Waals surface area contributed by atoms with Gasteiger partial charge in [-0.2, -0.15) is 5.10 Å². The molecule has 0 radical (unpaired) electrons. The first-order valence-electron chi connectivity index (χ1n) is 3.85. The SMILES string of the molecule is Cc1nccnc1-n1cc(N)cn1. The van der Waals surface area contributed by atoms with Crippen molar-refractivity contribution in [2.24, 2.45) is 0 Å². The van der Waals surface area contributed by atoms with Crippen LogP contribution in [0.3, 0.4) is 0 Å². The van der Waals surface area contributed by atoms with E-state index in [0.29, 0.717) is 11.5 Å². The van der Waals surface area contributed by atoms with Crippen LogP contribution in [0.1, 0.15) is 5.69 Å². The Kier molecular flexibility index (Phi) is 1.70. The highest BCUT2D eigenvalue weighted by atomic mass is 15.3. The van der Waals surface area contributed by atoms with Gasteiger partial charge >= 0.3 is 0 Å². The van der Waals surface area contributed by atoms with E-state index in [9.17, 15) is 0 Å². The zero-order valence-electron chi connectivity index (χ0n) is 7.18. The second-order valence-electron chi connectivity index (χ2n) is 2.68. The standard InChI is InChI=1S/C8H9N5/c1-6-8(11-3-2-10-6)13-5-7(9)4-12-13/h2-5H,9H2,1H3. The summed E-state index contributed by atoms with van der Waals surface area (Å²) < 4.78 is 1.61. The van der Waals surface area contributed by atoms with E-state index in [2.05, 4.69) is 15.1 Å². The Hall–Kier alpha value is -1.91. The Labute approximate surface area is 75.2 Å². The van der Waals surface area contributed by atoms with E-state index < -0.39 is 0 Å². The number of aryl methyl sites for hydroxylation is 1. The number of nitrogen functional groups attached to an aromatic ring is 1. The maximum Gasteiger partial charge on any atom is 0.174 e. The molecule has 0 aromatic carbocycles. The highest BCUT2D eigenvalue weighted by Gasteiger charge is 2.03. The zero-order valence-corrected chi connectivity index (χ0v) is 7.18. The Morgan fingerprint density at radius 3 is 2.69 bits per heavy atom. The summed E-state index contributed by atoms with van der Waals surface area (Å²) in [6.45, 7) is 1.88. The lowest BCUT2D eigenvalue weighted by molar-refractivity contribution is 0.824. The highest BCUT2D eigenvalue weighted by Crippen LogP contribution is 2.08. The number of nitrogens with zero attached hydrogens (tertiary/aromatic N) is 4. The van der Waals surface area contributed by atoms with Crippen molar-refractivity contribution in [3.8, 4) is 5.82 Å². The number of hydrogen-bond acceptors (Lipinski definition) is 4. The van der Waals surface area contributed by atoms with Crippen molar-refractivity contribution in [2.75, 3.05) is 5.73 Å². The van der Waals surface area contributed by atoms with Gasteiger partial charge in [0.25, 0.3) is 0 Å². The van der Waals surface area contributed by atoms with Crippen LogP contribution in [0, 0.1) is 6.92 Å². The van der Waals surface area contributed by atoms with Crippen molar-refractivity contribution in [2.45, 2.75) is 6.92 Å². The topological polar surface area (TPSA) is 69.6 Å². The average Bonchev–Trinajstić information content (AvgIpc) is 2.53. The summed E-state index contributed by atoms with van der Waals surface area (Å²) in [7, 11) is 0. The zero-order chi connectivity index (χ0) is 9.26. The summed E-state index contributed by atoms with van der Waals surface area (Å²) in [5.74, 6) is 0.708. The Morgan fingerprint density at radius 2 is 2.08 bits per heavy atom. The van der Waals surface area contributed by atoms with Gasteiger partial charge in [0.05, 0.1) is 23.8 Å². The Bertz CT molecular complexity index is 420. The summed E-state index contributed by atoms with van der Waals surface area (Å²) in [5, 5.41) is 4.04. The molecule has 0 atom stereocenters. The van der Waals surface area contributed by atoms with Crippen LogP contribution in [0.5, 0.6) is 0 Å². The van der Waals surface area contributed by atoms with Gasteiger partial charge in [-0.25, -0.2) is 9.67 Å². The molecular formula is C8H9N5. The average molecular weight is 175 g/mol.